The van der Waals surface area contributed by atoms with Crippen molar-refractivity contribution < 1.29 is 17.6 Å². The Bertz CT molecular complexity index is 942. The fourth-order valence-electron chi connectivity index (χ4n) is 2.36. The van der Waals surface area contributed by atoms with Crippen LogP contribution in [0.5, 0.6) is 0 Å². The molecule has 0 aliphatic carbocycles. The number of aromatic nitrogens is 1. The van der Waals surface area contributed by atoms with Crippen LogP contribution in [0.25, 0.3) is 10.9 Å². The summed E-state index contributed by atoms with van der Waals surface area (Å²) in [6.07, 6.45) is 1.44. The Kier molecular flexibility index (Phi) is 3.93. The van der Waals surface area contributed by atoms with E-state index in [1.807, 2.05) is 16.9 Å². The minimum atomic E-state index is -3.99. The average molecular weight is 333 g/mol. The van der Waals surface area contributed by atoms with Gasteiger partial charge in [-0.15, -0.1) is 0 Å². The van der Waals surface area contributed by atoms with Crippen LogP contribution >= 0.6 is 0 Å². The zero-order chi connectivity index (χ0) is 16.4. The lowest BCUT2D eigenvalue weighted by molar-refractivity contribution is 0.0982. The number of hydrogen-bond acceptors (Lipinski definition) is 4. The van der Waals surface area contributed by atoms with Gasteiger partial charge in [0.05, 0.1) is 18.4 Å². The first-order valence-corrected chi connectivity index (χ1v) is 8.36. The molecular weight excluding hydrogens is 318 g/mol. The molecule has 8 heteroatoms. The number of nitrogens with one attached hydrogen (secondary N) is 3. The van der Waals surface area contributed by atoms with Gasteiger partial charge in [0.15, 0.2) is 0 Å². The molecule has 0 aliphatic rings. The maximum atomic E-state index is 12.3. The van der Waals surface area contributed by atoms with Crippen molar-refractivity contribution in [1.29, 1.82) is 0 Å². The summed E-state index contributed by atoms with van der Waals surface area (Å²) in [5.41, 5.74) is 1.69. The number of H-pyrrole nitrogens is 1. The third kappa shape index (κ3) is 3.27. The van der Waals surface area contributed by atoms with Crippen LogP contribution in [0.2, 0.25) is 0 Å². The van der Waals surface area contributed by atoms with Gasteiger partial charge in [0, 0.05) is 16.6 Å². The number of carbonyl (C=O) groups is 1. The minimum Gasteiger partial charge on any atom is -0.468 e. The number of benzene rings is 1. The molecule has 3 aromatic rings. The zero-order valence-corrected chi connectivity index (χ0v) is 13.1. The van der Waals surface area contributed by atoms with Crippen molar-refractivity contribution in [2.75, 3.05) is 0 Å². The lowest BCUT2D eigenvalue weighted by atomic mass is 10.1. The van der Waals surface area contributed by atoms with Gasteiger partial charge in [-0.2, -0.15) is 13.1 Å². The Balaban J connectivity index is 1.78. The second-order valence-corrected chi connectivity index (χ2v) is 6.51. The molecule has 0 spiro atoms. The quantitative estimate of drug-likeness (QED) is 0.662. The Labute approximate surface area is 132 Å². The number of fused-ring (bicyclic) bond motifs is 1. The number of aromatic amines is 1. The van der Waals surface area contributed by atoms with E-state index in [1.165, 1.54) is 6.26 Å². The normalized spacial score (nSPS) is 11.7. The topological polar surface area (TPSA) is 104 Å². The summed E-state index contributed by atoms with van der Waals surface area (Å²) in [6, 6.07) is 10.5. The van der Waals surface area contributed by atoms with Crippen molar-refractivity contribution >= 4 is 27.0 Å². The second kappa shape index (κ2) is 5.90. The van der Waals surface area contributed by atoms with E-state index in [-0.39, 0.29) is 6.54 Å². The number of aryl methyl sites for hydroxylation is 1. The first-order chi connectivity index (χ1) is 11.0. The fourth-order valence-corrected chi connectivity index (χ4v) is 3.11. The predicted octanol–water partition coefficient (Wildman–Crippen LogP) is 1.83. The maximum Gasteiger partial charge on any atom is 0.301 e. The number of rotatable bonds is 5. The van der Waals surface area contributed by atoms with E-state index < -0.39 is 16.1 Å². The van der Waals surface area contributed by atoms with Gasteiger partial charge in [-0.25, -0.2) is 4.72 Å². The van der Waals surface area contributed by atoms with E-state index in [0.717, 1.165) is 5.52 Å². The summed E-state index contributed by atoms with van der Waals surface area (Å²) < 4.78 is 33.3. The smallest absolute Gasteiger partial charge is 0.301 e. The molecule has 1 aromatic carbocycles. The lowest BCUT2D eigenvalue weighted by Crippen LogP contribution is -2.40. The molecule has 0 saturated carbocycles. The molecule has 2 aromatic heterocycles. The van der Waals surface area contributed by atoms with E-state index in [1.54, 1.807) is 31.2 Å². The van der Waals surface area contributed by atoms with Crippen LogP contribution in [0.3, 0.4) is 0 Å². The molecule has 0 bridgehead atoms. The molecule has 3 N–H and O–H groups in total. The van der Waals surface area contributed by atoms with Crippen LogP contribution in [-0.2, 0) is 16.8 Å². The van der Waals surface area contributed by atoms with Gasteiger partial charge in [-0.3, -0.25) is 4.79 Å². The van der Waals surface area contributed by atoms with Gasteiger partial charge in [-0.05, 0) is 25.1 Å². The summed E-state index contributed by atoms with van der Waals surface area (Å²) >= 11 is 0. The largest absolute Gasteiger partial charge is 0.468 e. The van der Waals surface area contributed by atoms with Gasteiger partial charge in [-0.1, -0.05) is 18.2 Å². The molecule has 0 radical (unpaired) electrons. The average Bonchev–Trinajstić information content (AvgIpc) is 3.10. The van der Waals surface area contributed by atoms with Gasteiger partial charge in [0.25, 0.3) is 5.91 Å². The monoisotopic (exact) mass is 333 g/mol. The number of amides is 1. The molecule has 23 heavy (non-hydrogen) atoms. The lowest BCUT2D eigenvalue weighted by Gasteiger charge is -2.07. The van der Waals surface area contributed by atoms with Crippen molar-refractivity contribution in [2.45, 2.75) is 13.5 Å². The molecule has 0 unspecified atom stereocenters. The summed E-state index contributed by atoms with van der Waals surface area (Å²) in [5.74, 6) is -0.238. The standard InChI is InChI=1S/C15H15N3O4S/c1-10-14(12-6-2-3-7-13(12)17-10)15(19)18-23(20,21)16-9-11-5-4-8-22-11/h2-8,16-17H,9H2,1H3,(H,18,19). The Morgan fingerprint density at radius 1 is 1.22 bits per heavy atom. The van der Waals surface area contributed by atoms with E-state index in [9.17, 15) is 13.2 Å². The first kappa shape index (κ1) is 15.3. The zero-order valence-electron chi connectivity index (χ0n) is 12.3. The number of para-hydroxylation sites is 1. The van der Waals surface area contributed by atoms with Gasteiger partial charge in [0.1, 0.15) is 5.76 Å². The summed E-state index contributed by atoms with van der Waals surface area (Å²) in [4.78, 5) is 15.4. The second-order valence-electron chi connectivity index (χ2n) is 5.01. The highest BCUT2D eigenvalue weighted by molar-refractivity contribution is 7.88. The molecular formula is C15H15N3O4S. The highest BCUT2D eigenvalue weighted by atomic mass is 32.2. The molecule has 2 heterocycles. The molecule has 1 amide bonds. The van der Waals surface area contributed by atoms with Crippen LogP contribution in [0.1, 0.15) is 21.8 Å². The van der Waals surface area contributed by atoms with Crippen LogP contribution in [0.4, 0.5) is 0 Å². The first-order valence-electron chi connectivity index (χ1n) is 6.88. The van der Waals surface area contributed by atoms with E-state index in [0.29, 0.717) is 22.4 Å². The maximum absolute atomic E-state index is 12.3. The van der Waals surface area contributed by atoms with Crippen molar-refractivity contribution in [2.24, 2.45) is 0 Å². The highest BCUT2D eigenvalue weighted by Crippen LogP contribution is 2.21. The van der Waals surface area contributed by atoms with Crippen LogP contribution < -0.4 is 9.44 Å². The summed E-state index contributed by atoms with van der Waals surface area (Å²) in [5, 5.41) is 0.670. The molecule has 3 rings (SSSR count). The van der Waals surface area contributed by atoms with Gasteiger partial charge < -0.3 is 9.40 Å². The van der Waals surface area contributed by atoms with E-state index in [4.69, 9.17) is 4.42 Å². The Hall–Kier alpha value is -2.58. The van der Waals surface area contributed by atoms with E-state index >= 15 is 0 Å². The minimum absolute atomic E-state index is 0.0392. The van der Waals surface area contributed by atoms with Gasteiger partial charge in [0.2, 0.25) is 0 Å². The van der Waals surface area contributed by atoms with Gasteiger partial charge >= 0.3 is 10.2 Å². The van der Waals surface area contributed by atoms with Crippen molar-refractivity contribution in [3.8, 4) is 0 Å². The molecule has 120 valence electrons. The van der Waals surface area contributed by atoms with Crippen molar-refractivity contribution in [1.82, 2.24) is 14.4 Å². The van der Waals surface area contributed by atoms with E-state index in [2.05, 4.69) is 9.71 Å². The molecule has 0 atom stereocenters. The number of hydrogen-bond donors (Lipinski definition) is 3. The molecule has 0 saturated heterocycles. The third-order valence-electron chi connectivity index (χ3n) is 3.36. The molecule has 0 aliphatic heterocycles. The van der Waals surface area contributed by atoms with Crippen LogP contribution in [0.15, 0.2) is 47.1 Å². The Morgan fingerprint density at radius 3 is 2.74 bits per heavy atom. The summed E-state index contributed by atoms with van der Waals surface area (Å²) in [7, 11) is -3.99. The SMILES string of the molecule is Cc1[nH]c2ccccc2c1C(=O)NS(=O)(=O)NCc1ccco1. The highest BCUT2D eigenvalue weighted by Gasteiger charge is 2.21. The van der Waals surface area contributed by atoms with Crippen molar-refractivity contribution in [3.63, 3.8) is 0 Å². The molecule has 7 nitrogen and oxygen atoms in total. The fraction of sp³-hybridized carbons (Fsp3) is 0.133. The van der Waals surface area contributed by atoms with Crippen LogP contribution in [-0.4, -0.2) is 19.3 Å². The Morgan fingerprint density at radius 2 is 2.00 bits per heavy atom. The third-order valence-corrected chi connectivity index (χ3v) is 4.34. The number of furan rings is 1. The van der Waals surface area contributed by atoms with Crippen molar-refractivity contribution in [3.05, 3.63) is 59.7 Å². The predicted molar refractivity (Wildman–Crippen MR) is 85.0 cm³/mol. The molecule has 0 fully saturated rings. The number of carbonyl (C=O) groups excluding carboxylic acids is 1. The summed E-state index contributed by atoms with van der Waals surface area (Å²) in [6.45, 7) is 1.68. The van der Waals surface area contributed by atoms with Crippen LogP contribution in [0, 0.1) is 6.92 Å².